The number of aliphatic hydroxyl groups is 1. The van der Waals surface area contributed by atoms with Gasteiger partial charge in [0.05, 0.1) is 5.60 Å². The highest BCUT2D eigenvalue weighted by molar-refractivity contribution is 4.83. The molecule has 0 aromatic carbocycles. The lowest BCUT2D eigenvalue weighted by Crippen LogP contribution is -2.34. The summed E-state index contributed by atoms with van der Waals surface area (Å²) in [5.74, 6) is 0.824. The van der Waals surface area contributed by atoms with Crippen molar-refractivity contribution in [3.05, 3.63) is 0 Å². The third kappa shape index (κ3) is 3.46. The maximum atomic E-state index is 10.4. The van der Waals surface area contributed by atoms with E-state index in [0.29, 0.717) is 0 Å². The first-order valence-electron chi connectivity index (χ1n) is 6.72. The van der Waals surface area contributed by atoms with Gasteiger partial charge < -0.3 is 10.4 Å². The number of rotatable bonds is 3. The molecule has 0 amide bonds. The molecule has 2 fully saturated rings. The van der Waals surface area contributed by atoms with Crippen LogP contribution in [0.4, 0.5) is 0 Å². The molecule has 2 nitrogen and oxygen atoms in total. The standard InChI is InChI=1S/C13H25NO/c15-13(7-2-1-3-8-13)9-6-12-5-4-10-14-11-12/h12,14-15H,1-11H2. The summed E-state index contributed by atoms with van der Waals surface area (Å²) in [5.41, 5.74) is -0.296. The van der Waals surface area contributed by atoms with Gasteiger partial charge in [0.15, 0.2) is 0 Å². The van der Waals surface area contributed by atoms with Crippen LogP contribution in [0.25, 0.3) is 0 Å². The van der Waals surface area contributed by atoms with Gasteiger partial charge in [0.25, 0.3) is 0 Å². The SMILES string of the molecule is OC1(CCC2CCCNC2)CCCCC1. The first kappa shape index (κ1) is 11.4. The van der Waals surface area contributed by atoms with E-state index in [1.165, 1.54) is 51.6 Å². The van der Waals surface area contributed by atoms with E-state index in [-0.39, 0.29) is 5.60 Å². The van der Waals surface area contributed by atoms with Gasteiger partial charge in [0, 0.05) is 0 Å². The molecule has 1 aliphatic heterocycles. The Morgan fingerprint density at radius 1 is 1.13 bits per heavy atom. The maximum absolute atomic E-state index is 10.4. The van der Waals surface area contributed by atoms with Crippen LogP contribution in [0.2, 0.25) is 0 Å². The van der Waals surface area contributed by atoms with E-state index < -0.39 is 0 Å². The van der Waals surface area contributed by atoms with Crippen molar-refractivity contribution < 1.29 is 5.11 Å². The molecular formula is C13H25NO. The molecule has 0 spiro atoms. The van der Waals surface area contributed by atoms with Crippen molar-refractivity contribution >= 4 is 0 Å². The van der Waals surface area contributed by atoms with Crippen LogP contribution in [0.5, 0.6) is 0 Å². The van der Waals surface area contributed by atoms with Gasteiger partial charge in [0.2, 0.25) is 0 Å². The van der Waals surface area contributed by atoms with Gasteiger partial charge in [-0.3, -0.25) is 0 Å². The Bertz CT molecular complexity index is 181. The smallest absolute Gasteiger partial charge is 0.0648 e. The Hall–Kier alpha value is -0.0800. The van der Waals surface area contributed by atoms with Crippen molar-refractivity contribution in [3.8, 4) is 0 Å². The zero-order valence-electron chi connectivity index (χ0n) is 9.80. The highest BCUT2D eigenvalue weighted by Gasteiger charge is 2.29. The lowest BCUT2D eigenvalue weighted by atomic mass is 9.79. The number of hydrogen-bond acceptors (Lipinski definition) is 2. The molecule has 2 N–H and O–H groups in total. The van der Waals surface area contributed by atoms with E-state index >= 15 is 0 Å². The second-order valence-corrected chi connectivity index (χ2v) is 5.54. The molecule has 1 unspecified atom stereocenters. The second kappa shape index (κ2) is 5.31. The summed E-state index contributed by atoms with van der Waals surface area (Å²) in [4.78, 5) is 0. The topological polar surface area (TPSA) is 32.3 Å². The Morgan fingerprint density at radius 2 is 1.93 bits per heavy atom. The molecule has 0 radical (unpaired) electrons. The molecule has 2 aliphatic rings. The lowest BCUT2D eigenvalue weighted by molar-refractivity contribution is -0.00961. The summed E-state index contributed by atoms with van der Waals surface area (Å²) in [6.07, 6.45) is 10.8. The van der Waals surface area contributed by atoms with Crippen molar-refractivity contribution in [2.45, 2.75) is 63.4 Å². The molecule has 0 bridgehead atoms. The zero-order chi connectivity index (χ0) is 10.6. The van der Waals surface area contributed by atoms with Gasteiger partial charge in [-0.1, -0.05) is 19.3 Å². The molecule has 1 atom stereocenters. The highest BCUT2D eigenvalue weighted by Crippen LogP contribution is 2.33. The summed E-state index contributed by atoms with van der Waals surface area (Å²) >= 11 is 0. The molecule has 88 valence electrons. The Kier molecular flexibility index (Phi) is 4.04. The largest absolute Gasteiger partial charge is 0.390 e. The fraction of sp³-hybridized carbons (Fsp3) is 1.00. The predicted molar refractivity (Wildman–Crippen MR) is 62.9 cm³/mol. The van der Waals surface area contributed by atoms with E-state index in [4.69, 9.17) is 0 Å². The van der Waals surface area contributed by atoms with Crippen LogP contribution in [-0.4, -0.2) is 23.8 Å². The lowest BCUT2D eigenvalue weighted by Gasteiger charge is -2.34. The fourth-order valence-electron chi connectivity index (χ4n) is 3.10. The minimum Gasteiger partial charge on any atom is -0.390 e. The van der Waals surface area contributed by atoms with Crippen molar-refractivity contribution in [2.24, 2.45) is 5.92 Å². The van der Waals surface area contributed by atoms with Crippen LogP contribution >= 0.6 is 0 Å². The third-order valence-electron chi connectivity index (χ3n) is 4.20. The first-order valence-corrected chi connectivity index (χ1v) is 6.72. The van der Waals surface area contributed by atoms with Crippen LogP contribution < -0.4 is 5.32 Å². The van der Waals surface area contributed by atoms with E-state index in [1.807, 2.05) is 0 Å². The van der Waals surface area contributed by atoms with Crippen LogP contribution in [0.3, 0.4) is 0 Å². The highest BCUT2D eigenvalue weighted by atomic mass is 16.3. The minimum atomic E-state index is -0.296. The van der Waals surface area contributed by atoms with Crippen molar-refractivity contribution in [2.75, 3.05) is 13.1 Å². The van der Waals surface area contributed by atoms with Gasteiger partial charge in [-0.15, -0.1) is 0 Å². The van der Waals surface area contributed by atoms with Crippen molar-refractivity contribution in [1.82, 2.24) is 5.32 Å². The zero-order valence-corrected chi connectivity index (χ0v) is 9.80. The Morgan fingerprint density at radius 3 is 2.60 bits per heavy atom. The van der Waals surface area contributed by atoms with E-state index in [9.17, 15) is 5.11 Å². The Balaban J connectivity index is 1.70. The van der Waals surface area contributed by atoms with Gasteiger partial charge in [-0.25, -0.2) is 0 Å². The first-order chi connectivity index (χ1) is 7.29. The van der Waals surface area contributed by atoms with Crippen LogP contribution in [0.1, 0.15) is 57.8 Å². The van der Waals surface area contributed by atoms with Crippen molar-refractivity contribution in [3.63, 3.8) is 0 Å². The normalized spacial score (nSPS) is 31.4. The quantitative estimate of drug-likeness (QED) is 0.751. The van der Waals surface area contributed by atoms with Gasteiger partial charge in [-0.05, 0) is 57.5 Å². The monoisotopic (exact) mass is 211 g/mol. The average Bonchev–Trinajstić information content (AvgIpc) is 2.29. The van der Waals surface area contributed by atoms with E-state index in [2.05, 4.69) is 5.32 Å². The van der Waals surface area contributed by atoms with E-state index in [1.54, 1.807) is 0 Å². The Labute approximate surface area is 93.5 Å². The van der Waals surface area contributed by atoms with Crippen LogP contribution in [0, 0.1) is 5.92 Å². The second-order valence-electron chi connectivity index (χ2n) is 5.54. The van der Waals surface area contributed by atoms with E-state index in [0.717, 1.165) is 25.2 Å². The summed E-state index contributed by atoms with van der Waals surface area (Å²) in [5, 5.41) is 13.8. The number of piperidine rings is 1. The third-order valence-corrected chi connectivity index (χ3v) is 4.20. The summed E-state index contributed by atoms with van der Waals surface area (Å²) in [7, 11) is 0. The van der Waals surface area contributed by atoms with Gasteiger partial charge >= 0.3 is 0 Å². The molecule has 0 aromatic rings. The van der Waals surface area contributed by atoms with Gasteiger partial charge in [-0.2, -0.15) is 0 Å². The minimum absolute atomic E-state index is 0.296. The average molecular weight is 211 g/mol. The molecular weight excluding hydrogens is 186 g/mol. The molecule has 1 aliphatic carbocycles. The molecule has 2 heteroatoms. The summed E-state index contributed by atoms with van der Waals surface area (Å²) in [6, 6.07) is 0. The molecule has 1 saturated heterocycles. The summed E-state index contributed by atoms with van der Waals surface area (Å²) < 4.78 is 0. The number of nitrogens with one attached hydrogen (secondary N) is 1. The van der Waals surface area contributed by atoms with Crippen LogP contribution in [-0.2, 0) is 0 Å². The van der Waals surface area contributed by atoms with Crippen molar-refractivity contribution in [1.29, 1.82) is 0 Å². The maximum Gasteiger partial charge on any atom is 0.0648 e. The van der Waals surface area contributed by atoms with Crippen LogP contribution in [0.15, 0.2) is 0 Å². The number of hydrogen-bond donors (Lipinski definition) is 2. The molecule has 0 aromatic heterocycles. The fourth-order valence-corrected chi connectivity index (χ4v) is 3.10. The summed E-state index contributed by atoms with van der Waals surface area (Å²) in [6.45, 7) is 2.37. The molecule has 2 rings (SSSR count). The molecule has 1 saturated carbocycles. The molecule has 1 heterocycles. The predicted octanol–water partition coefficient (Wildman–Crippen LogP) is 2.46. The molecule has 15 heavy (non-hydrogen) atoms. The van der Waals surface area contributed by atoms with Gasteiger partial charge in [0.1, 0.15) is 0 Å².